The zero-order valence-electron chi connectivity index (χ0n) is 12.4. The molecule has 0 atom stereocenters. The van der Waals surface area contributed by atoms with E-state index in [-0.39, 0.29) is 21.4 Å². The lowest BCUT2D eigenvalue weighted by molar-refractivity contribution is 0.133. The van der Waals surface area contributed by atoms with Crippen LogP contribution in [0.5, 0.6) is 0 Å². The largest absolute Gasteiger partial charge is 0.392 e. The van der Waals surface area contributed by atoms with Crippen molar-refractivity contribution >= 4 is 10.0 Å². The van der Waals surface area contributed by atoms with E-state index in [1.54, 1.807) is 0 Å². The minimum absolute atomic E-state index is 0.00391. The van der Waals surface area contributed by atoms with Crippen LogP contribution in [0.15, 0.2) is 17.0 Å². The van der Waals surface area contributed by atoms with Gasteiger partial charge in [-0.15, -0.1) is 0 Å². The van der Waals surface area contributed by atoms with Crippen LogP contribution in [0.4, 0.5) is 4.39 Å². The Kier molecular flexibility index (Phi) is 4.70. The Morgan fingerprint density at radius 3 is 2.52 bits per heavy atom. The molecule has 0 spiro atoms. The number of benzene rings is 1. The number of sulfonamides is 1. The van der Waals surface area contributed by atoms with Crippen molar-refractivity contribution in [3.63, 3.8) is 0 Å². The molecule has 2 N–H and O–H groups in total. The Balaban J connectivity index is 2.21. The van der Waals surface area contributed by atoms with Crippen LogP contribution in [0.3, 0.4) is 0 Å². The lowest BCUT2D eigenvalue weighted by Gasteiger charge is -2.41. The van der Waals surface area contributed by atoms with Crippen molar-refractivity contribution in [2.45, 2.75) is 51.0 Å². The fourth-order valence-corrected chi connectivity index (χ4v) is 4.03. The van der Waals surface area contributed by atoms with E-state index in [4.69, 9.17) is 5.11 Å². The standard InChI is InChI=1S/C15H22FNO3S/c1-3-15(5-4-6-15)10-17-21(19,20)13-7-11(2)14(16)12(8-13)9-18/h7-8,17-18H,3-6,9-10H2,1-2H3. The van der Waals surface area contributed by atoms with Gasteiger partial charge in [-0.1, -0.05) is 13.3 Å². The van der Waals surface area contributed by atoms with Crippen molar-refractivity contribution in [3.05, 3.63) is 29.1 Å². The van der Waals surface area contributed by atoms with E-state index < -0.39 is 22.4 Å². The van der Waals surface area contributed by atoms with Crippen LogP contribution in [-0.4, -0.2) is 20.1 Å². The molecule has 4 nitrogen and oxygen atoms in total. The van der Waals surface area contributed by atoms with Crippen molar-refractivity contribution in [3.8, 4) is 0 Å². The molecule has 1 fully saturated rings. The van der Waals surface area contributed by atoms with Gasteiger partial charge in [0.1, 0.15) is 5.82 Å². The van der Waals surface area contributed by atoms with E-state index in [9.17, 15) is 12.8 Å². The molecule has 0 heterocycles. The summed E-state index contributed by atoms with van der Waals surface area (Å²) in [6.07, 6.45) is 4.16. The van der Waals surface area contributed by atoms with Crippen LogP contribution in [0.1, 0.15) is 43.7 Å². The zero-order chi connectivity index (χ0) is 15.7. The number of aliphatic hydroxyl groups is 1. The average Bonchev–Trinajstić information content (AvgIpc) is 2.40. The van der Waals surface area contributed by atoms with Gasteiger partial charge in [-0.3, -0.25) is 0 Å². The lowest BCUT2D eigenvalue weighted by atomic mass is 9.67. The molecule has 0 amide bonds. The third kappa shape index (κ3) is 3.27. The minimum atomic E-state index is -3.68. The van der Waals surface area contributed by atoms with Crippen LogP contribution in [0.2, 0.25) is 0 Å². The van der Waals surface area contributed by atoms with Crippen molar-refractivity contribution in [2.24, 2.45) is 5.41 Å². The second kappa shape index (κ2) is 6.02. The maximum absolute atomic E-state index is 13.7. The van der Waals surface area contributed by atoms with Gasteiger partial charge in [0.2, 0.25) is 10.0 Å². The number of halogens is 1. The highest BCUT2D eigenvalue weighted by atomic mass is 32.2. The summed E-state index contributed by atoms with van der Waals surface area (Å²) >= 11 is 0. The van der Waals surface area contributed by atoms with E-state index in [2.05, 4.69) is 11.6 Å². The monoisotopic (exact) mass is 315 g/mol. The number of rotatable bonds is 6. The Bertz CT molecular complexity index is 619. The van der Waals surface area contributed by atoms with E-state index in [1.165, 1.54) is 19.1 Å². The molecule has 2 rings (SSSR count). The second-order valence-corrected chi connectivity index (χ2v) is 7.67. The topological polar surface area (TPSA) is 66.4 Å². The van der Waals surface area contributed by atoms with E-state index in [1.807, 2.05) is 0 Å². The minimum Gasteiger partial charge on any atom is -0.392 e. The smallest absolute Gasteiger partial charge is 0.240 e. The normalized spacial score (nSPS) is 17.5. The number of hydrogen-bond donors (Lipinski definition) is 2. The molecule has 1 aliphatic carbocycles. The number of nitrogens with one attached hydrogen (secondary N) is 1. The third-order valence-electron chi connectivity index (χ3n) is 4.59. The second-order valence-electron chi connectivity index (χ2n) is 5.90. The molecule has 1 aromatic rings. The van der Waals surface area contributed by atoms with Gasteiger partial charge in [0.05, 0.1) is 11.5 Å². The third-order valence-corrected chi connectivity index (χ3v) is 5.97. The van der Waals surface area contributed by atoms with Crippen LogP contribution in [0.25, 0.3) is 0 Å². The molecule has 1 saturated carbocycles. The van der Waals surface area contributed by atoms with Crippen molar-refractivity contribution < 1.29 is 17.9 Å². The Morgan fingerprint density at radius 2 is 2.05 bits per heavy atom. The van der Waals surface area contributed by atoms with Crippen molar-refractivity contribution in [1.29, 1.82) is 0 Å². The molecule has 0 unspecified atom stereocenters. The Morgan fingerprint density at radius 1 is 1.38 bits per heavy atom. The summed E-state index contributed by atoms with van der Waals surface area (Å²) in [5.74, 6) is -0.555. The summed E-state index contributed by atoms with van der Waals surface area (Å²) in [7, 11) is -3.68. The maximum Gasteiger partial charge on any atom is 0.240 e. The lowest BCUT2D eigenvalue weighted by Crippen LogP contribution is -2.41. The highest BCUT2D eigenvalue weighted by Gasteiger charge is 2.36. The van der Waals surface area contributed by atoms with Gasteiger partial charge in [-0.2, -0.15) is 0 Å². The van der Waals surface area contributed by atoms with Gasteiger partial charge in [0.25, 0.3) is 0 Å². The van der Waals surface area contributed by atoms with Crippen molar-refractivity contribution in [2.75, 3.05) is 6.54 Å². The Labute approximate surface area is 125 Å². The molecule has 118 valence electrons. The predicted octanol–water partition coefficient (Wildman–Crippen LogP) is 2.49. The summed E-state index contributed by atoms with van der Waals surface area (Å²) in [4.78, 5) is 0.0102. The molecule has 1 aromatic carbocycles. The van der Waals surface area contributed by atoms with Crippen LogP contribution < -0.4 is 4.72 Å². The van der Waals surface area contributed by atoms with Crippen LogP contribution in [0, 0.1) is 18.2 Å². The highest BCUT2D eigenvalue weighted by Crippen LogP contribution is 2.43. The summed E-state index contributed by atoms with van der Waals surface area (Å²) < 4.78 is 41.0. The SMILES string of the molecule is CCC1(CNS(=O)(=O)c2cc(C)c(F)c(CO)c2)CCC1. The van der Waals surface area contributed by atoms with Gasteiger partial charge in [0.15, 0.2) is 0 Å². The fourth-order valence-electron chi connectivity index (χ4n) is 2.74. The first kappa shape index (κ1) is 16.4. The van der Waals surface area contributed by atoms with Gasteiger partial charge in [0, 0.05) is 12.1 Å². The number of aryl methyl sites for hydroxylation is 1. The predicted molar refractivity (Wildman–Crippen MR) is 78.8 cm³/mol. The number of hydrogen-bond acceptors (Lipinski definition) is 3. The first-order valence-corrected chi connectivity index (χ1v) is 8.71. The molecule has 0 radical (unpaired) electrons. The van der Waals surface area contributed by atoms with Crippen LogP contribution in [-0.2, 0) is 16.6 Å². The van der Waals surface area contributed by atoms with Gasteiger partial charge in [-0.25, -0.2) is 17.5 Å². The first-order chi connectivity index (χ1) is 9.83. The molecule has 21 heavy (non-hydrogen) atoms. The zero-order valence-corrected chi connectivity index (χ0v) is 13.3. The van der Waals surface area contributed by atoms with E-state index in [0.717, 1.165) is 25.7 Å². The summed E-state index contributed by atoms with van der Waals surface area (Å²) in [5, 5.41) is 9.12. The highest BCUT2D eigenvalue weighted by molar-refractivity contribution is 7.89. The Hall–Kier alpha value is -0.980. The van der Waals surface area contributed by atoms with Gasteiger partial charge < -0.3 is 5.11 Å². The van der Waals surface area contributed by atoms with Gasteiger partial charge >= 0.3 is 0 Å². The first-order valence-electron chi connectivity index (χ1n) is 7.23. The molecular weight excluding hydrogens is 293 g/mol. The van der Waals surface area contributed by atoms with Gasteiger partial charge in [-0.05, 0) is 49.3 Å². The maximum atomic E-state index is 13.7. The average molecular weight is 315 g/mol. The molecule has 6 heteroatoms. The van der Waals surface area contributed by atoms with E-state index in [0.29, 0.717) is 6.54 Å². The molecule has 0 aromatic heterocycles. The summed E-state index contributed by atoms with van der Waals surface area (Å²) in [6, 6.07) is 2.50. The summed E-state index contributed by atoms with van der Waals surface area (Å²) in [6.45, 7) is 3.46. The molecule has 0 saturated heterocycles. The molecular formula is C15H22FNO3S. The van der Waals surface area contributed by atoms with Crippen LogP contribution >= 0.6 is 0 Å². The molecule has 1 aliphatic rings. The summed E-state index contributed by atoms with van der Waals surface area (Å²) in [5.41, 5.74) is 0.294. The number of aliphatic hydroxyl groups excluding tert-OH is 1. The van der Waals surface area contributed by atoms with Crippen molar-refractivity contribution in [1.82, 2.24) is 4.72 Å². The fraction of sp³-hybridized carbons (Fsp3) is 0.600. The molecule has 0 bridgehead atoms. The molecule has 0 aliphatic heterocycles. The quantitative estimate of drug-likeness (QED) is 0.847. The van der Waals surface area contributed by atoms with E-state index >= 15 is 0 Å².